The number of hydrogen-bond donors (Lipinski definition) is 0. The van der Waals surface area contributed by atoms with Crippen LogP contribution in [0.4, 0.5) is 0 Å². The van der Waals surface area contributed by atoms with Crippen molar-refractivity contribution >= 4 is 21.4 Å². The van der Waals surface area contributed by atoms with Gasteiger partial charge in [-0.1, -0.05) is 37.5 Å². The Balaban J connectivity index is 2.33. The third-order valence-corrected chi connectivity index (χ3v) is 5.18. The van der Waals surface area contributed by atoms with Gasteiger partial charge in [0.15, 0.2) is 9.84 Å². The van der Waals surface area contributed by atoms with Crippen molar-refractivity contribution < 1.29 is 17.9 Å². The number of sulfone groups is 1. The van der Waals surface area contributed by atoms with Gasteiger partial charge in [-0.25, -0.2) is 13.2 Å². The minimum absolute atomic E-state index is 0.248. The lowest BCUT2D eigenvalue weighted by Gasteiger charge is -2.19. The molecular formula is C17H22O4S. The molecule has 1 aliphatic carbocycles. The third kappa shape index (κ3) is 4.19. The first-order valence-corrected chi connectivity index (χ1v) is 9.41. The summed E-state index contributed by atoms with van der Waals surface area (Å²) in [5, 5.41) is 0. The largest absolute Gasteiger partial charge is 0.465 e. The molecule has 1 aromatic carbocycles. The first kappa shape index (κ1) is 16.7. The first-order valence-electron chi connectivity index (χ1n) is 7.52. The summed E-state index contributed by atoms with van der Waals surface area (Å²) in [7, 11) is -1.87. The molecule has 0 aromatic heterocycles. The van der Waals surface area contributed by atoms with Crippen molar-refractivity contribution in [2.24, 2.45) is 5.92 Å². The van der Waals surface area contributed by atoms with Gasteiger partial charge in [-0.2, -0.15) is 0 Å². The zero-order chi connectivity index (χ0) is 16.2. The van der Waals surface area contributed by atoms with E-state index in [1.807, 2.05) is 6.08 Å². The van der Waals surface area contributed by atoms with Gasteiger partial charge in [0.05, 0.1) is 17.6 Å². The zero-order valence-electron chi connectivity index (χ0n) is 13.0. The molecule has 1 saturated carbocycles. The number of carbonyl (C=O) groups excluding carboxylic acids is 1. The monoisotopic (exact) mass is 322 g/mol. The minimum atomic E-state index is -3.23. The van der Waals surface area contributed by atoms with Gasteiger partial charge >= 0.3 is 5.97 Å². The van der Waals surface area contributed by atoms with E-state index in [4.69, 9.17) is 4.74 Å². The highest BCUT2D eigenvalue weighted by molar-refractivity contribution is 7.90. The molecule has 0 aliphatic heterocycles. The second kappa shape index (κ2) is 7.09. The van der Waals surface area contributed by atoms with Crippen LogP contribution in [-0.2, 0) is 19.4 Å². The number of benzene rings is 1. The molecule has 0 amide bonds. The second-order valence-electron chi connectivity index (χ2n) is 5.77. The highest BCUT2D eigenvalue weighted by Gasteiger charge is 2.18. The second-order valence-corrected chi connectivity index (χ2v) is 7.78. The van der Waals surface area contributed by atoms with Crippen molar-refractivity contribution in [3.8, 4) is 0 Å². The topological polar surface area (TPSA) is 60.4 Å². The Hall–Kier alpha value is -1.62. The minimum Gasteiger partial charge on any atom is -0.465 e. The molecule has 5 heteroatoms. The van der Waals surface area contributed by atoms with Crippen LogP contribution in [0.25, 0.3) is 5.57 Å². The molecule has 120 valence electrons. The number of ether oxygens (including phenoxy) is 1. The van der Waals surface area contributed by atoms with Gasteiger partial charge in [0.2, 0.25) is 0 Å². The third-order valence-electron chi connectivity index (χ3n) is 4.05. The van der Waals surface area contributed by atoms with Crippen LogP contribution in [0, 0.1) is 5.92 Å². The average molecular weight is 322 g/mol. The van der Waals surface area contributed by atoms with Gasteiger partial charge in [0.1, 0.15) is 0 Å². The van der Waals surface area contributed by atoms with E-state index < -0.39 is 9.84 Å². The van der Waals surface area contributed by atoms with Gasteiger partial charge < -0.3 is 4.74 Å². The Morgan fingerprint density at radius 1 is 1.14 bits per heavy atom. The van der Waals surface area contributed by atoms with Gasteiger partial charge in [0.25, 0.3) is 0 Å². The summed E-state index contributed by atoms with van der Waals surface area (Å²) < 4.78 is 27.9. The summed E-state index contributed by atoms with van der Waals surface area (Å²) >= 11 is 0. The fraction of sp³-hybridized carbons (Fsp3) is 0.471. The van der Waals surface area contributed by atoms with Crippen molar-refractivity contribution in [1.82, 2.24) is 0 Å². The summed E-state index contributed by atoms with van der Waals surface area (Å²) in [6.45, 7) is 0. The Morgan fingerprint density at radius 3 is 2.23 bits per heavy atom. The maximum absolute atomic E-state index is 12.1. The van der Waals surface area contributed by atoms with Crippen LogP contribution in [0.2, 0.25) is 0 Å². The maximum Gasteiger partial charge on any atom is 0.338 e. The highest BCUT2D eigenvalue weighted by atomic mass is 32.2. The number of hydrogen-bond acceptors (Lipinski definition) is 4. The van der Waals surface area contributed by atoms with Crippen molar-refractivity contribution in [2.75, 3.05) is 13.4 Å². The summed E-state index contributed by atoms with van der Waals surface area (Å²) in [4.78, 5) is 12.3. The van der Waals surface area contributed by atoms with E-state index >= 15 is 0 Å². The lowest BCUT2D eigenvalue weighted by Crippen LogP contribution is -2.09. The van der Waals surface area contributed by atoms with E-state index in [0.717, 1.165) is 12.8 Å². The van der Waals surface area contributed by atoms with Crippen LogP contribution in [-0.4, -0.2) is 27.8 Å². The molecule has 1 aliphatic rings. The van der Waals surface area contributed by atoms with Crippen LogP contribution in [0.5, 0.6) is 0 Å². The van der Waals surface area contributed by atoms with E-state index in [1.165, 1.54) is 44.8 Å². The van der Waals surface area contributed by atoms with Gasteiger partial charge in [-0.3, -0.25) is 0 Å². The summed E-state index contributed by atoms with van der Waals surface area (Å²) in [6.07, 6.45) is 8.94. The SMILES string of the molecule is COC(=O)/C(=C/C1CCCCC1)c1ccc(S(C)(=O)=O)cc1. The lowest BCUT2D eigenvalue weighted by atomic mass is 9.87. The molecule has 0 radical (unpaired) electrons. The molecule has 1 fully saturated rings. The zero-order valence-corrected chi connectivity index (χ0v) is 13.9. The molecule has 0 atom stereocenters. The Labute approximate surface area is 132 Å². The van der Waals surface area contributed by atoms with Crippen LogP contribution in [0.1, 0.15) is 37.7 Å². The van der Waals surface area contributed by atoms with Crippen LogP contribution >= 0.6 is 0 Å². The van der Waals surface area contributed by atoms with E-state index in [1.54, 1.807) is 12.1 Å². The maximum atomic E-state index is 12.1. The molecule has 0 unspecified atom stereocenters. The van der Waals surface area contributed by atoms with Gasteiger partial charge in [0, 0.05) is 6.26 Å². The standard InChI is InChI=1S/C17H22O4S/c1-21-17(18)16(12-13-6-4-3-5-7-13)14-8-10-15(11-9-14)22(2,19)20/h8-13H,3-7H2,1-2H3/b16-12+. The van der Waals surface area contributed by atoms with Crippen molar-refractivity contribution in [1.29, 1.82) is 0 Å². The van der Waals surface area contributed by atoms with E-state index in [0.29, 0.717) is 17.1 Å². The fourth-order valence-corrected chi connectivity index (χ4v) is 3.44. The number of allylic oxidation sites excluding steroid dienone is 1. The van der Waals surface area contributed by atoms with Crippen LogP contribution in [0.3, 0.4) is 0 Å². The van der Waals surface area contributed by atoms with Crippen molar-refractivity contribution in [3.05, 3.63) is 35.9 Å². The molecule has 1 aromatic rings. The molecular weight excluding hydrogens is 300 g/mol. The average Bonchev–Trinajstić information content (AvgIpc) is 2.52. The molecule has 0 spiro atoms. The first-order chi connectivity index (χ1) is 10.4. The van der Waals surface area contributed by atoms with E-state index in [-0.39, 0.29) is 10.9 Å². The number of carbonyl (C=O) groups is 1. The Morgan fingerprint density at radius 2 is 1.73 bits per heavy atom. The smallest absolute Gasteiger partial charge is 0.338 e. The lowest BCUT2D eigenvalue weighted by molar-refractivity contribution is -0.133. The molecule has 4 nitrogen and oxygen atoms in total. The van der Waals surface area contributed by atoms with Crippen molar-refractivity contribution in [2.45, 2.75) is 37.0 Å². The summed E-state index contributed by atoms with van der Waals surface area (Å²) in [5.74, 6) is 0.00936. The van der Waals surface area contributed by atoms with Gasteiger partial charge in [-0.05, 0) is 36.5 Å². The van der Waals surface area contributed by atoms with E-state index in [9.17, 15) is 13.2 Å². The quantitative estimate of drug-likeness (QED) is 0.631. The fourth-order valence-electron chi connectivity index (χ4n) is 2.81. The number of rotatable bonds is 4. The molecule has 2 rings (SSSR count). The normalized spacial score (nSPS) is 17.3. The molecule has 0 saturated heterocycles. The summed E-state index contributed by atoms with van der Waals surface area (Å²) in [6, 6.07) is 6.40. The van der Waals surface area contributed by atoms with Gasteiger partial charge in [-0.15, -0.1) is 0 Å². The molecule has 0 bridgehead atoms. The van der Waals surface area contributed by atoms with Crippen LogP contribution < -0.4 is 0 Å². The van der Waals surface area contributed by atoms with Crippen molar-refractivity contribution in [3.63, 3.8) is 0 Å². The summed E-state index contributed by atoms with van der Waals surface area (Å²) in [5.41, 5.74) is 1.22. The number of esters is 1. The Bertz CT molecular complexity index is 650. The van der Waals surface area contributed by atoms with E-state index in [2.05, 4.69) is 0 Å². The number of methoxy groups -OCH3 is 1. The predicted molar refractivity (Wildman–Crippen MR) is 86.1 cm³/mol. The highest BCUT2D eigenvalue weighted by Crippen LogP contribution is 2.29. The predicted octanol–water partition coefficient (Wildman–Crippen LogP) is 3.23. The Kier molecular flexibility index (Phi) is 5.40. The molecule has 0 heterocycles. The molecule has 0 N–H and O–H groups in total. The molecule has 22 heavy (non-hydrogen) atoms. The van der Waals surface area contributed by atoms with Crippen LogP contribution in [0.15, 0.2) is 35.2 Å².